The molecule has 0 spiro atoms. The maximum absolute atomic E-state index is 12.3. The average Bonchev–Trinajstić information content (AvgIpc) is 2.90. The highest BCUT2D eigenvalue weighted by atomic mass is 16.5. The van der Waals surface area contributed by atoms with E-state index in [0.717, 1.165) is 32.6 Å². The van der Waals surface area contributed by atoms with Crippen LogP contribution in [0, 0.1) is 0 Å². The van der Waals surface area contributed by atoms with Crippen molar-refractivity contribution in [3.8, 4) is 0 Å². The highest BCUT2D eigenvalue weighted by molar-refractivity contribution is 5.78. The lowest BCUT2D eigenvalue weighted by Gasteiger charge is -2.23. The lowest BCUT2D eigenvalue weighted by Crippen LogP contribution is -2.40. The van der Waals surface area contributed by atoms with Crippen LogP contribution in [0.25, 0.3) is 0 Å². The molecule has 1 saturated heterocycles. The number of likely N-dealkylation sites (N-methyl/N-ethyl adjacent to an activating group) is 2. The second-order valence-electron chi connectivity index (χ2n) is 6.70. The van der Waals surface area contributed by atoms with Crippen molar-refractivity contribution >= 4 is 5.91 Å². The molecule has 0 radical (unpaired) electrons. The number of hydrogen-bond acceptors (Lipinski definition) is 6. The van der Waals surface area contributed by atoms with Gasteiger partial charge >= 0.3 is 0 Å². The smallest absolute Gasteiger partial charge is 0.236 e. The second kappa shape index (κ2) is 8.40. The third kappa shape index (κ3) is 5.58. The van der Waals surface area contributed by atoms with Crippen molar-refractivity contribution in [2.24, 2.45) is 0 Å². The SMILES string of the molecule is CC(C)c1nc(CCN(C)C(=O)CN2CCCN(C)CC2)no1. The number of carbonyl (C=O) groups is 1. The molecule has 2 heterocycles. The van der Waals surface area contributed by atoms with E-state index in [4.69, 9.17) is 4.52 Å². The first-order valence-electron chi connectivity index (χ1n) is 8.43. The molecule has 0 atom stereocenters. The quantitative estimate of drug-likeness (QED) is 0.773. The Morgan fingerprint density at radius 2 is 2.09 bits per heavy atom. The molecule has 0 aliphatic carbocycles. The van der Waals surface area contributed by atoms with Crippen LogP contribution in [-0.2, 0) is 11.2 Å². The third-order valence-electron chi connectivity index (χ3n) is 4.25. The van der Waals surface area contributed by atoms with Crippen LogP contribution in [0.4, 0.5) is 0 Å². The molecule has 0 aromatic carbocycles. The summed E-state index contributed by atoms with van der Waals surface area (Å²) in [6, 6.07) is 0. The Balaban J connectivity index is 1.75. The molecule has 1 aliphatic rings. The monoisotopic (exact) mass is 323 g/mol. The van der Waals surface area contributed by atoms with Crippen LogP contribution in [0.3, 0.4) is 0 Å². The predicted molar refractivity (Wildman–Crippen MR) is 88.3 cm³/mol. The van der Waals surface area contributed by atoms with Crippen molar-refractivity contribution in [3.63, 3.8) is 0 Å². The number of nitrogens with zero attached hydrogens (tertiary/aromatic N) is 5. The number of carbonyl (C=O) groups excluding carboxylic acids is 1. The Labute approximate surface area is 138 Å². The Hall–Kier alpha value is -1.47. The summed E-state index contributed by atoms with van der Waals surface area (Å²) in [6.07, 6.45) is 1.75. The van der Waals surface area contributed by atoms with Crippen LogP contribution in [0.2, 0.25) is 0 Å². The van der Waals surface area contributed by atoms with Crippen LogP contribution < -0.4 is 0 Å². The molecular formula is C16H29N5O2. The molecule has 0 bridgehead atoms. The van der Waals surface area contributed by atoms with E-state index in [1.54, 1.807) is 4.90 Å². The van der Waals surface area contributed by atoms with E-state index in [9.17, 15) is 4.79 Å². The van der Waals surface area contributed by atoms with Gasteiger partial charge in [0.15, 0.2) is 5.82 Å². The minimum atomic E-state index is 0.155. The first kappa shape index (κ1) is 17.9. The van der Waals surface area contributed by atoms with Gasteiger partial charge in [-0.3, -0.25) is 9.69 Å². The Morgan fingerprint density at radius 1 is 1.30 bits per heavy atom. The largest absolute Gasteiger partial charge is 0.344 e. The molecule has 1 aliphatic heterocycles. The molecular weight excluding hydrogens is 294 g/mol. The van der Waals surface area contributed by atoms with Gasteiger partial charge in [-0.05, 0) is 26.6 Å². The Kier molecular flexibility index (Phi) is 6.53. The molecule has 1 aromatic heterocycles. The van der Waals surface area contributed by atoms with Gasteiger partial charge in [-0.2, -0.15) is 4.98 Å². The lowest BCUT2D eigenvalue weighted by molar-refractivity contribution is -0.131. The van der Waals surface area contributed by atoms with Crippen molar-refractivity contribution in [3.05, 3.63) is 11.7 Å². The van der Waals surface area contributed by atoms with Gasteiger partial charge in [0, 0.05) is 39.0 Å². The third-order valence-corrected chi connectivity index (χ3v) is 4.25. The van der Waals surface area contributed by atoms with Gasteiger partial charge in [0.25, 0.3) is 0 Å². The lowest BCUT2D eigenvalue weighted by atomic mass is 10.2. The van der Waals surface area contributed by atoms with E-state index in [0.29, 0.717) is 31.2 Å². The summed E-state index contributed by atoms with van der Waals surface area (Å²) < 4.78 is 5.19. The first-order chi connectivity index (χ1) is 11.0. The Morgan fingerprint density at radius 3 is 2.78 bits per heavy atom. The van der Waals surface area contributed by atoms with Crippen LogP contribution in [0.5, 0.6) is 0 Å². The Bertz CT molecular complexity index is 502. The molecule has 7 heteroatoms. The summed E-state index contributed by atoms with van der Waals surface area (Å²) >= 11 is 0. The average molecular weight is 323 g/mol. The summed E-state index contributed by atoms with van der Waals surface area (Å²) in [5.41, 5.74) is 0. The van der Waals surface area contributed by atoms with Gasteiger partial charge in [-0.25, -0.2) is 0 Å². The normalized spacial score (nSPS) is 17.4. The first-order valence-corrected chi connectivity index (χ1v) is 8.43. The minimum Gasteiger partial charge on any atom is -0.344 e. The highest BCUT2D eigenvalue weighted by Crippen LogP contribution is 2.11. The van der Waals surface area contributed by atoms with Crippen molar-refractivity contribution in [2.45, 2.75) is 32.6 Å². The summed E-state index contributed by atoms with van der Waals surface area (Å²) in [4.78, 5) is 23.0. The molecule has 2 rings (SSSR count). The van der Waals surface area contributed by atoms with Crippen molar-refractivity contribution in [1.82, 2.24) is 24.8 Å². The van der Waals surface area contributed by atoms with Crippen LogP contribution in [-0.4, -0.2) is 84.1 Å². The van der Waals surface area contributed by atoms with E-state index in [1.807, 2.05) is 20.9 Å². The molecule has 0 unspecified atom stereocenters. The minimum absolute atomic E-state index is 0.155. The zero-order valence-corrected chi connectivity index (χ0v) is 14.8. The molecule has 1 amide bonds. The molecule has 7 nitrogen and oxygen atoms in total. The van der Waals surface area contributed by atoms with Gasteiger partial charge in [0.1, 0.15) is 0 Å². The van der Waals surface area contributed by atoms with Gasteiger partial charge in [-0.15, -0.1) is 0 Å². The molecule has 0 saturated carbocycles. The molecule has 1 aromatic rings. The number of hydrogen-bond donors (Lipinski definition) is 0. The van der Waals surface area contributed by atoms with Gasteiger partial charge < -0.3 is 14.3 Å². The van der Waals surface area contributed by atoms with E-state index >= 15 is 0 Å². The standard InChI is InChI=1S/C16H29N5O2/c1-13(2)16-17-14(18-23-16)6-9-20(4)15(22)12-21-8-5-7-19(3)10-11-21/h13H,5-12H2,1-4H3. The topological polar surface area (TPSA) is 65.7 Å². The second-order valence-corrected chi connectivity index (χ2v) is 6.70. The summed E-state index contributed by atoms with van der Waals surface area (Å²) in [7, 11) is 3.98. The fraction of sp³-hybridized carbons (Fsp3) is 0.812. The van der Waals surface area contributed by atoms with Crippen LogP contribution in [0.1, 0.15) is 37.9 Å². The van der Waals surface area contributed by atoms with Crippen molar-refractivity contribution in [2.75, 3.05) is 53.4 Å². The fourth-order valence-corrected chi connectivity index (χ4v) is 2.57. The summed E-state index contributed by atoms with van der Waals surface area (Å²) in [5, 5.41) is 3.97. The van der Waals surface area contributed by atoms with Gasteiger partial charge in [0.05, 0.1) is 6.54 Å². The van der Waals surface area contributed by atoms with E-state index in [-0.39, 0.29) is 11.8 Å². The molecule has 0 N–H and O–H groups in total. The molecule has 23 heavy (non-hydrogen) atoms. The van der Waals surface area contributed by atoms with E-state index < -0.39 is 0 Å². The zero-order valence-electron chi connectivity index (χ0n) is 14.8. The van der Waals surface area contributed by atoms with Crippen LogP contribution in [0.15, 0.2) is 4.52 Å². The van der Waals surface area contributed by atoms with Crippen LogP contribution >= 0.6 is 0 Å². The van der Waals surface area contributed by atoms with E-state index in [1.165, 1.54) is 0 Å². The number of aromatic nitrogens is 2. The number of rotatable bonds is 6. The fourth-order valence-electron chi connectivity index (χ4n) is 2.57. The molecule has 1 fully saturated rings. The van der Waals surface area contributed by atoms with Gasteiger partial charge in [-0.1, -0.05) is 19.0 Å². The van der Waals surface area contributed by atoms with Crippen molar-refractivity contribution in [1.29, 1.82) is 0 Å². The maximum Gasteiger partial charge on any atom is 0.236 e. The maximum atomic E-state index is 12.3. The van der Waals surface area contributed by atoms with E-state index in [2.05, 4.69) is 27.0 Å². The summed E-state index contributed by atoms with van der Waals surface area (Å²) in [5.74, 6) is 1.71. The van der Waals surface area contributed by atoms with Gasteiger partial charge in [0.2, 0.25) is 11.8 Å². The van der Waals surface area contributed by atoms with Crippen molar-refractivity contribution < 1.29 is 9.32 Å². The zero-order chi connectivity index (χ0) is 16.8. The highest BCUT2D eigenvalue weighted by Gasteiger charge is 2.18. The molecule has 130 valence electrons. The summed E-state index contributed by atoms with van der Waals surface area (Å²) in [6.45, 7) is 9.23. The number of amides is 1. The predicted octanol–water partition coefficient (Wildman–Crippen LogP) is 0.831.